The van der Waals surface area contributed by atoms with Crippen LogP contribution in [0.5, 0.6) is 0 Å². The van der Waals surface area contributed by atoms with Crippen molar-refractivity contribution >= 4 is 46.3 Å². The van der Waals surface area contributed by atoms with E-state index in [1.54, 1.807) is 23.1 Å². The lowest BCUT2D eigenvalue weighted by Gasteiger charge is -2.26. The topological polar surface area (TPSA) is 49.4 Å². The lowest BCUT2D eigenvalue weighted by atomic mass is 10.1. The number of para-hydroxylation sites is 1. The van der Waals surface area contributed by atoms with Gasteiger partial charge in [0.1, 0.15) is 5.37 Å². The summed E-state index contributed by atoms with van der Waals surface area (Å²) < 4.78 is 0. The van der Waals surface area contributed by atoms with Crippen LogP contribution in [0.3, 0.4) is 0 Å². The number of carbonyl (C=O) groups is 2. The van der Waals surface area contributed by atoms with Crippen molar-refractivity contribution in [3.05, 3.63) is 82.0 Å². The Kier molecular flexibility index (Phi) is 6.02. The molecule has 0 bridgehead atoms. The standard InChI is InChI=1S/C23H22N2O2S2/c1-2-16-6-3-4-8-20(16)25-22(27)15-29-23(25)17-9-11-18(12-10-17)24-21(26)14-19-7-5-13-28-19/h3-13,23H,2,14-15H2,1H3,(H,24,26)/t23-/m1/s1. The average Bonchev–Trinajstić information content (AvgIpc) is 3.38. The maximum absolute atomic E-state index is 12.6. The molecule has 2 heterocycles. The van der Waals surface area contributed by atoms with E-state index in [4.69, 9.17) is 0 Å². The summed E-state index contributed by atoms with van der Waals surface area (Å²) in [5, 5.41) is 4.87. The molecule has 1 aliphatic rings. The molecular weight excluding hydrogens is 400 g/mol. The van der Waals surface area contributed by atoms with E-state index >= 15 is 0 Å². The zero-order valence-electron chi connectivity index (χ0n) is 16.1. The monoisotopic (exact) mass is 422 g/mol. The summed E-state index contributed by atoms with van der Waals surface area (Å²) >= 11 is 3.22. The van der Waals surface area contributed by atoms with Crippen LogP contribution >= 0.6 is 23.1 Å². The first-order chi connectivity index (χ1) is 14.2. The van der Waals surface area contributed by atoms with Crippen molar-refractivity contribution in [3.8, 4) is 0 Å². The average molecular weight is 423 g/mol. The molecule has 3 aromatic rings. The fourth-order valence-corrected chi connectivity index (χ4v) is 5.36. The Labute approximate surface area is 178 Å². The molecule has 2 aromatic carbocycles. The molecule has 0 spiro atoms. The van der Waals surface area contributed by atoms with E-state index in [9.17, 15) is 9.59 Å². The highest BCUT2D eigenvalue weighted by atomic mass is 32.2. The van der Waals surface area contributed by atoms with Crippen LogP contribution in [0.2, 0.25) is 0 Å². The van der Waals surface area contributed by atoms with Gasteiger partial charge in [0.15, 0.2) is 0 Å². The maximum atomic E-state index is 12.6. The number of anilines is 2. The van der Waals surface area contributed by atoms with Crippen molar-refractivity contribution in [2.75, 3.05) is 16.0 Å². The van der Waals surface area contributed by atoms with Crippen molar-refractivity contribution in [2.24, 2.45) is 0 Å². The minimum Gasteiger partial charge on any atom is -0.326 e. The summed E-state index contributed by atoms with van der Waals surface area (Å²) in [5.41, 5.74) is 3.99. The lowest BCUT2D eigenvalue weighted by molar-refractivity contribution is -0.116. The summed E-state index contributed by atoms with van der Waals surface area (Å²) in [6, 6.07) is 19.8. The fraction of sp³-hybridized carbons (Fsp3) is 0.217. The Balaban J connectivity index is 1.50. The first-order valence-electron chi connectivity index (χ1n) is 9.59. The van der Waals surface area contributed by atoms with Gasteiger partial charge in [-0.05, 0) is 47.2 Å². The molecule has 0 unspecified atom stereocenters. The number of hydrogen-bond acceptors (Lipinski definition) is 4. The number of aryl methyl sites for hydroxylation is 1. The number of benzene rings is 2. The Morgan fingerprint density at radius 1 is 1.10 bits per heavy atom. The first-order valence-corrected chi connectivity index (χ1v) is 11.5. The summed E-state index contributed by atoms with van der Waals surface area (Å²) in [5.74, 6) is 0.584. The molecule has 29 heavy (non-hydrogen) atoms. The van der Waals surface area contributed by atoms with Gasteiger partial charge in [0, 0.05) is 16.3 Å². The van der Waals surface area contributed by atoms with Crippen LogP contribution in [-0.4, -0.2) is 17.6 Å². The van der Waals surface area contributed by atoms with Gasteiger partial charge >= 0.3 is 0 Å². The van der Waals surface area contributed by atoms with Gasteiger partial charge in [-0.1, -0.05) is 43.3 Å². The van der Waals surface area contributed by atoms with Crippen LogP contribution in [0, 0.1) is 0 Å². The lowest BCUT2D eigenvalue weighted by Crippen LogP contribution is -2.28. The quantitative estimate of drug-likeness (QED) is 0.589. The van der Waals surface area contributed by atoms with E-state index < -0.39 is 0 Å². The second-order valence-corrected chi connectivity index (χ2v) is 8.94. The predicted octanol–water partition coefficient (Wildman–Crippen LogP) is 5.27. The number of thiophene rings is 1. The highest BCUT2D eigenvalue weighted by molar-refractivity contribution is 8.00. The van der Waals surface area contributed by atoms with Gasteiger partial charge in [0.05, 0.1) is 12.2 Å². The van der Waals surface area contributed by atoms with E-state index in [0.29, 0.717) is 12.2 Å². The molecule has 1 aromatic heterocycles. The Morgan fingerprint density at radius 2 is 1.90 bits per heavy atom. The van der Waals surface area contributed by atoms with Crippen LogP contribution in [0.1, 0.15) is 28.3 Å². The van der Waals surface area contributed by atoms with Crippen molar-refractivity contribution < 1.29 is 9.59 Å². The van der Waals surface area contributed by atoms with Crippen LogP contribution in [-0.2, 0) is 22.4 Å². The molecule has 1 fully saturated rings. The summed E-state index contributed by atoms with van der Waals surface area (Å²) in [6.45, 7) is 2.11. The smallest absolute Gasteiger partial charge is 0.238 e. The summed E-state index contributed by atoms with van der Waals surface area (Å²) in [4.78, 5) is 27.8. The predicted molar refractivity (Wildman–Crippen MR) is 122 cm³/mol. The number of rotatable bonds is 6. The van der Waals surface area contributed by atoms with Crippen LogP contribution in [0.25, 0.3) is 0 Å². The second-order valence-electron chi connectivity index (χ2n) is 6.84. The van der Waals surface area contributed by atoms with E-state index in [0.717, 1.165) is 28.2 Å². The number of hydrogen-bond donors (Lipinski definition) is 1. The third kappa shape index (κ3) is 4.38. The molecule has 4 nitrogen and oxygen atoms in total. The largest absolute Gasteiger partial charge is 0.326 e. The van der Waals surface area contributed by atoms with Crippen LogP contribution in [0.15, 0.2) is 66.0 Å². The van der Waals surface area contributed by atoms with Crippen molar-refractivity contribution in [2.45, 2.75) is 25.1 Å². The minimum absolute atomic E-state index is 0.0240. The van der Waals surface area contributed by atoms with Gasteiger partial charge < -0.3 is 5.32 Å². The van der Waals surface area contributed by atoms with E-state index in [-0.39, 0.29) is 17.2 Å². The molecule has 148 valence electrons. The highest BCUT2D eigenvalue weighted by Gasteiger charge is 2.34. The number of nitrogens with one attached hydrogen (secondary N) is 1. The number of nitrogens with zero attached hydrogens (tertiary/aromatic N) is 1. The van der Waals surface area contributed by atoms with Crippen LogP contribution in [0.4, 0.5) is 11.4 Å². The van der Waals surface area contributed by atoms with Gasteiger partial charge in [-0.25, -0.2) is 0 Å². The van der Waals surface area contributed by atoms with Gasteiger partial charge in [-0.15, -0.1) is 23.1 Å². The zero-order chi connectivity index (χ0) is 20.2. The Hall–Kier alpha value is -2.57. The van der Waals surface area contributed by atoms with Crippen molar-refractivity contribution in [1.29, 1.82) is 0 Å². The molecule has 0 saturated carbocycles. The van der Waals surface area contributed by atoms with Gasteiger partial charge in [-0.2, -0.15) is 0 Å². The van der Waals surface area contributed by atoms with Crippen molar-refractivity contribution in [1.82, 2.24) is 0 Å². The second kappa shape index (κ2) is 8.84. The third-order valence-electron chi connectivity index (χ3n) is 4.89. The molecule has 4 rings (SSSR count). The number of amides is 2. The molecule has 1 aliphatic heterocycles. The van der Waals surface area contributed by atoms with Crippen molar-refractivity contribution in [3.63, 3.8) is 0 Å². The van der Waals surface area contributed by atoms with Gasteiger partial charge in [0.25, 0.3) is 0 Å². The number of carbonyl (C=O) groups excluding carboxylic acids is 2. The fourth-order valence-electron chi connectivity index (χ4n) is 3.48. The Morgan fingerprint density at radius 3 is 2.62 bits per heavy atom. The minimum atomic E-state index is -0.0499. The molecule has 1 atom stereocenters. The molecular formula is C23H22N2O2S2. The maximum Gasteiger partial charge on any atom is 0.238 e. The first kappa shape index (κ1) is 19.7. The van der Waals surface area contributed by atoms with Gasteiger partial charge in [-0.3, -0.25) is 14.5 Å². The summed E-state index contributed by atoms with van der Waals surface area (Å²) in [6.07, 6.45) is 1.26. The number of thioether (sulfide) groups is 1. The molecule has 2 amide bonds. The van der Waals surface area contributed by atoms with Crippen LogP contribution < -0.4 is 10.2 Å². The van der Waals surface area contributed by atoms with Gasteiger partial charge in [0.2, 0.25) is 11.8 Å². The van der Waals surface area contributed by atoms with E-state index in [2.05, 4.69) is 18.3 Å². The zero-order valence-corrected chi connectivity index (χ0v) is 17.8. The molecule has 6 heteroatoms. The van der Waals surface area contributed by atoms with E-state index in [1.165, 1.54) is 5.56 Å². The SMILES string of the molecule is CCc1ccccc1N1C(=O)CS[C@@H]1c1ccc(NC(=O)Cc2cccs2)cc1. The highest BCUT2D eigenvalue weighted by Crippen LogP contribution is 2.43. The normalized spacial score (nSPS) is 16.2. The molecule has 0 radical (unpaired) electrons. The molecule has 1 saturated heterocycles. The molecule has 0 aliphatic carbocycles. The van der Waals surface area contributed by atoms with E-state index in [1.807, 2.05) is 64.9 Å². The Bertz CT molecular complexity index is 1000. The molecule has 1 N–H and O–H groups in total. The summed E-state index contributed by atoms with van der Waals surface area (Å²) in [7, 11) is 0. The third-order valence-corrected chi connectivity index (χ3v) is 6.98.